The smallest absolute Gasteiger partial charge is 0.226 e. The van der Waals surface area contributed by atoms with Crippen molar-refractivity contribution in [1.29, 1.82) is 0 Å². The quantitative estimate of drug-likeness (QED) is 0.872. The Morgan fingerprint density at radius 3 is 2.95 bits per heavy atom. The monoisotopic (exact) mass is 276 g/mol. The van der Waals surface area contributed by atoms with Crippen LogP contribution in [0, 0.1) is 0 Å². The van der Waals surface area contributed by atoms with E-state index in [4.69, 9.17) is 9.15 Å². The van der Waals surface area contributed by atoms with E-state index in [0.29, 0.717) is 13.0 Å². The number of rotatable bonds is 6. The molecule has 0 saturated heterocycles. The van der Waals surface area contributed by atoms with Gasteiger partial charge < -0.3 is 19.4 Å². The van der Waals surface area contributed by atoms with Crippen molar-refractivity contribution in [1.82, 2.24) is 10.2 Å². The molecule has 1 aromatic carbocycles. The van der Waals surface area contributed by atoms with Crippen LogP contribution in [-0.4, -0.2) is 45.1 Å². The molecule has 1 N–H and O–H groups in total. The van der Waals surface area contributed by atoms with Gasteiger partial charge in [0.05, 0.1) is 19.8 Å². The summed E-state index contributed by atoms with van der Waals surface area (Å²) in [5, 5.41) is 3.99. The zero-order valence-corrected chi connectivity index (χ0v) is 12.1. The van der Waals surface area contributed by atoms with Gasteiger partial charge in [0.15, 0.2) is 0 Å². The molecule has 108 valence electrons. The number of hydrogen-bond acceptors (Lipinski definition) is 4. The van der Waals surface area contributed by atoms with Gasteiger partial charge in [-0.2, -0.15) is 0 Å². The van der Waals surface area contributed by atoms with Crippen LogP contribution in [0.1, 0.15) is 5.56 Å². The first kappa shape index (κ1) is 14.4. The van der Waals surface area contributed by atoms with Crippen LogP contribution in [0.15, 0.2) is 28.9 Å². The lowest BCUT2D eigenvalue weighted by Gasteiger charge is -2.16. The zero-order valence-electron chi connectivity index (χ0n) is 12.1. The van der Waals surface area contributed by atoms with Gasteiger partial charge in [-0.25, -0.2) is 0 Å². The van der Waals surface area contributed by atoms with Gasteiger partial charge in [0, 0.05) is 37.2 Å². The number of nitrogens with zero attached hydrogens (tertiary/aromatic N) is 1. The second-order valence-corrected chi connectivity index (χ2v) is 4.72. The first-order chi connectivity index (χ1) is 9.65. The molecule has 1 amide bonds. The number of fused-ring (bicyclic) bond motifs is 1. The van der Waals surface area contributed by atoms with E-state index in [9.17, 15) is 4.79 Å². The molecule has 1 aromatic heterocycles. The normalized spacial score (nSPS) is 10.8. The molecule has 0 aliphatic heterocycles. The summed E-state index contributed by atoms with van der Waals surface area (Å²) < 4.78 is 10.6. The number of nitrogens with one attached hydrogen (secondary N) is 1. The standard InChI is InChI=1S/C15H20N2O3/c1-16-6-7-17(2)15(18)8-11-10-20-14-9-12(19-3)4-5-13(11)14/h4-5,9-10,16H,6-8H2,1-3H3. The molecular weight excluding hydrogens is 256 g/mol. The number of amides is 1. The van der Waals surface area contributed by atoms with Crippen molar-refractivity contribution < 1.29 is 13.9 Å². The topological polar surface area (TPSA) is 54.7 Å². The first-order valence-corrected chi connectivity index (χ1v) is 6.58. The number of likely N-dealkylation sites (N-methyl/N-ethyl adjacent to an activating group) is 2. The van der Waals surface area contributed by atoms with Gasteiger partial charge in [0.2, 0.25) is 5.91 Å². The van der Waals surface area contributed by atoms with Crippen LogP contribution < -0.4 is 10.1 Å². The van der Waals surface area contributed by atoms with Crippen LogP contribution >= 0.6 is 0 Å². The van der Waals surface area contributed by atoms with E-state index < -0.39 is 0 Å². The van der Waals surface area contributed by atoms with E-state index in [2.05, 4.69) is 5.32 Å². The number of carbonyl (C=O) groups excluding carboxylic acids is 1. The number of methoxy groups -OCH3 is 1. The molecule has 0 spiro atoms. The van der Waals surface area contributed by atoms with Gasteiger partial charge in [-0.15, -0.1) is 0 Å². The van der Waals surface area contributed by atoms with Crippen molar-refractivity contribution in [2.24, 2.45) is 0 Å². The lowest BCUT2D eigenvalue weighted by Crippen LogP contribution is -2.33. The average Bonchev–Trinajstić information content (AvgIpc) is 2.86. The van der Waals surface area contributed by atoms with E-state index in [1.165, 1.54) is 0 Å². The van der Waals surface area contributed by atoms with Gasteiger partial charge in [-0.3, -0.25) is 4.79 Å². The third-order valence-electron chi connectivity index (χ3n) is 3.33. The Kier molecular flexibility index (Phi) is 4.63. The minimum Gasteiger partial charge on any atom is -0.497 e. The van der Waals surface area contributed by atoms with Crippen molar-refractivity contribution in [3.05, 3.63) is 30.0 Å². The molecule has 20 heavy (non-hydrogen) atoms. The van der Waals surface area contributed by atoms with Crippen molar-refractivity contribution in [2.45, 2.75) is 6.42 Å². The highest BCUT2D eigenvalue weighted by Gasteiger charge is 2.14. The van der Waals surface area contributed by atoms with Gasteiger partial charge >= 0.3 is 0 Å². The molecule has 0 bridgehead atoms. The van der Waals surface area contributed by atoms with E-state index >= 15 is 0 Å². The fourth-order valence-electron chi connectivity index (χ4n) is 2.03. The molecular formula is C15H20N2O3. The molecule has 5 nitrogen and oxygen atoms in total. The number of ether oxygens (including phenoxy) is 1. The van der Waals surface area contributed by atoms with Crippen LogP contribution in [0.5, 0.6) is 5.75 Å². The summed E-state index contributed by atoms with van der Waals surface area (Å²) in [5.41, 5.74) is 1.65. The van der Waals surface area contributed by atoms with Crippen LogP contribution in [0.4, 0.5) is 0 Å². The molecule has 0 atom stereocenters. The second-order valence-electron chi connectivity index (χ2n) is 4.72. The molecule has 0 radical (unpaired) electrons. The second kappa shape index (κ2) is 6.43. The van der Waals surface area contributed by atoms with Crippen molar-refractivity contribution in [3.8, 4) is 5.75 Å². The summed E-state index contributed by atoms with van der Waals surface area (Å²) >= 11 is 0. The van der Waals surface area contributed by atoms with Gasteiger partial charge in [-0.05, 0) is 19.2 Å². The minimum absolute atomic E-state index is 0.0822. The predicted molar refractivity (Wildman–Crippen MR) is 78.0 cm³/mol. The third-order valence-corrected chi connectivity index (χ3v) is 3.33. The summed E-state index contributed by atoms with van der Waals surface area (Å²) in [6, 6.07) is 5.62. The van der Waals surface area contributed by atoms with Crippen LogP contribution in [0.25, 0.3) is 11.0 Å². The number of benzene rings is 1. The maximum absolute atomic E-state index is 12.1. The third kappa shape index (κ3) is 3.11. The number of hydrogen-bond donors (Lipinski definition) is 1. The Morgan fingerprint density at radius 2 is 2.25 bits per heavy atom. The maximum Gasteiger partial charge on any atom is 0.226 e. The summed E-state index contributed by atoms with van der Waals surface area (Å²) in [6.07, 6.45) is 1.99. The lowest BCUT2D eigenvalue weighted by atomic mass is 10.1. The predicted octanol–water partition coefficient (Wildman–Crippen LogP) is 1.66. The molecule has 1 heterocycles. The van der Waals surface area contributed by atoms with Gasteiger partial charge in [0.25, 0.3) is 0 Å². The fraction of sp³-hybridized carbons (Fsp3) is 0.400. The molecule has 0 saturated carbocycles. The molecule has 0 aliphatic rings. The SMILES string of the molecule is CNCCN(C)C(=O)Cc1coc2cc(OC)ccc12. The minimum atomic E-state index is 0.0822. The fourth-order valence-corrected chi connectivity index (χ4v) is 2.03. The van der Waals surface area contributed by atoms with E-state index in [0.717, 1.165) is 28.8 Å². The van der Waals surface area contributed by atoms with Gasteiger partial charge in [-0.1, -0.05) is 0 Å². The summed E-state index contributed by atoms with van der Waals surface area (Å²) in [5.74, 6) is 0.828. The molecule has 0 aliphatic carbocycles. The zero-order chi connectivity index (χ0) is 14.5. The largest absolute Gasteiger partial charge is 0.497 e. The number of furan rings is 1. The van der Waals surface area contributed by atoms with E-state index in [-0.39, 0.29) is 5.91 Å². The Balaban J connectivity index is 2.11. The Bertz CT molecular complexity index is 592. The highest BCUT2D eigenvalue weighted by Crippen LogP contribution is 2.26. The highest BCUT2D eigenvalue weighted by molar-refractivity contribution is 5.88. The first-order valence-electron chi connectivity index (χ1n) is 6.58. The van der Waals surface area contributed by atoms with Crippen LogP contribution in [0.3, 0.4) is 0 Å². The Hall–Kier alpha value is -2.01. The van der Waals surface area contributed by atoms with E-state index in [1.54, 1.807) is 18.3 Å². The molecule has 2 aromatic rings. The van der Waals surface area contributed by atoms with Crippen LogP contribution in [-0.2, 0) is 11.2 Å². The Labute approximate surface area is 118 Å². The van der Waals surface area contributed by atoms with Crippen molar-refractivity contribution in [2.75, 3.05) is 34.3 Å². The number of carbonyl (C=O) groups is 1. The molecule has 0 unspecified atom stereocenters. The Morgan fingerprint density at radius 1 is 1.45 bits per heavy atom. The maximum atomic E-state index is 12.1. The van der Waals surface area contributed by atoms with Gasteiger partial charge in [0.1, 0.15) is 11.3 Å². The summed E-state index contributed by atoms with van der Waals surface area (Å²) in [6.45, 7) is 1.48. The van der Waals surface area contributed by atoms with Crippen LogP contribution in [0.2, 0.25) is 0 Å². The average molecular weight is 276 g/mol. The molecule has 2 rings (SSSR count). The summed E-state index contributed by atoms with van der Waals surface area (Å²) in [7, 11) is 5.30. The molecule has 0 fully saturated rings. The van der Waals surface area contributed by atoms with Crippen molar-refractivity contribution in [3.63, 3.8) is 0 Å². The lowest BCUT2D eigenvalue weighted by molar-refractivity contribution is -0.129. The summed E-state index contributed by atoms with van der Waals surface area (Å²) in [4.78, 5) is 13.8. The van der Waals surface area contributed by atoms with E-state index in [1.807, 2.05) is 32.3 Å². The molecule has 5 heteroatoms. The van der Waals surface area contributed by atoms with Crippen molar-refractivity contribution >= 4 is 16.9 Å². The highest BCUT2D eigenvalue weighted by atomic mass is 16.5.